The Labute approximate surface area is 141 Å². The van der Waals surface area contributed by atoms with Crippen LogP contribution in [0, 0.1) is 6.92 Å². The van der Waals surface area contributed by atoms with Gasteiger partial charge in [-0.15, -0.1) is 0 Å². The number of ether oxygens (including phenoxy) is 1. The summed E-state index contributed by atoms with van der Waals surface area (Å²) in [5.74, 6) is 0.799. The highest BCUT2D eigenvalue weighted by atomic mass is 16.5. The maximum absolute atomic E-state index is 12.0. The van der Waals surface area contributed by atoms with Crippen molar-refractivity contribution in [1.82, 2.24) is 0 Å². The number of hydrogen-bond acceptors (Lipinski definition) is 2. The number of benzene rings is 1. The first-order valence-electron chi connectivity index (χ1n) is 9.12. The molecule has 1 aromatic rings. The Balaban J connectivity index is 2.14. The van der Waals surface area contributed by atoms with E-state index in [0.29, 0.717) is 6.42 Å². The number of aryl methyl sites for hydroxylation is 1. The Bertz CT molecular complexity index is 457. The van der Waals surface area contributed by atoms with Crippen LogP contribution in [0.1, 0.15) is 76.7 Å². The fraction of sp³-hybridized carbons (Fsp3) is 0.650. The number of amides is 1. The lowest BCUT2D eigenvalue weighted by atomic mass is 10.1. The lowest BCUT2D eigenvalue weighted by molar-refractivity contribution is -0.116. The molecule has 1 aromatic carbocycles. The molecule has 0 aromatic heterocycles. The molecule has 0 unspecified atom stereocenters. The van der Waals surface area contributed by atoms with E-state index in [1.54, 1.807) is 7.11 Å². The van der Waals surface area contributed by atoms with E-state index in [1.807, 2.05) is 25.1 Å². The zero-order valence-corrected chi connectivity index (χ0v) is 15.1. The highest BCUT2D eigenvalue weighted by Gasteiger charge is 2.07. The molecule has 0 atom stereocenters. The zero-order chi connectivity index (χ0) is 16.9. The molecule has 0 aliphatic heterocycles. The van der Waals surface area contributed by atoms with Crippen LogP contribution >= 0.6 is 0 Å². The van der Waals surface area contributed by atoms with Gasteiger partial charge in [-0.05, 0) is 31.0 Å². The predicted molar refractivity (Wildman–Crippen MR) is 98.2 cm³/mol. The highest BCUT2D eigenvalue weighted by Crippen LogP contribution is 2.25. The fourth-order valence-corrected chi connectivity index (χ4v) is 2.73. The van der Waals surface area contributed by atoms with E-state index in [2.05, 4.69) is 12.2 Å². The highest BCUT2D eigenvalue weighted by molar-refractivity contribution is 5.92. The molecule has 23 heavy (non-hydrogen) atoms. The first kappa shape index (κ1) is 19.5. The molecule has 0 aliphatic rings. The average Bonchev–Trinajstić information content (AvgIpc) is 2.53. The normalized spacial score (nSPS) is 10.6. The van der Waals surface area contributed by atoms with Gasteiger partial charge < -0.3 is 10.1 Å². The van der Waals surface area contributed by atoms with Crippen LogP contribution in [-0.2, 0) is 4.79 Å². The number of rotatable bonds is 12. The molecule has 0 saturated heterocycles. The van der Waals surface area contributed by atoms with Gasteiger partial charge in [0.1, 0.15) is 5.75 Å². The van der Waals surface area contributed by atoms with Crippen molar-refractivity contribution in [2.75, 3.05) is 12.4 Å². The van der Waals surface area contributed by atoms with Crippen LogP contribution in [0.15, 0.2) is 18.2 Å². The SMILES string of the molecule is CCCCCCCCCCCC(=O)Nc1cc(C)ccc1OC. The van der Waals surface area contributed by atoms with E-state index in [1.165, 1.54) is 44.9 Å². The monoisotopic (exact) mass is 319 g/mol. The van der Waals surface area contributed by atoms with Gasteiger partial charge in [0, 0.05) is 6.42 Å². The van der Waals surface area contributed by atoms with Crippen molar-refractivity contribution in [3.8, 4) is 5.75 Å². The fourth-order valence-electron chi connectivity index (χ4n) is 2.73. The number of unbranched alkanes of at least 4 members (excludes halogenated alkanes) is 8. The van der Waals surface area contributed by atoms with E-state index in [0.717, 1.165) is 29.8 Å². The molecule has 0 fully saturated rings. The van der Waals surface area contributed by atoms with Gasteiger partial charge in [-0.3, -0.25) is 4.79 Å². The summed E-state index contributed by atoms with van der Waals surface area (Å²) in [4.78, 5) is 12.0. The Morgan fingerprint density at radius 3 is 2.22 bits per heavy atom. The number of carbonyl (C=O) groups is 1. The second-order valence-electron chi connectivity index (χ2n) is 6.33. The molecule has 3 heteroatoms. The molecular weight excluding hydrogens is 286 g/mol. The standard InChI is InChI=1S/C20H33NO2/c1-4-5-6-7-8-9-10-11-12-13-20(22)21-18-16-17(2)14-15-19(18)23-3/h14-16H,4-13H2,1-3H3,(H,21,22). The molecular formula is C20H33NO2. The van der Waals surface area contributed by atoms with Gasteiger partial charge in [0.15, 0.2) is 0 Å². The Hall–Kier alpha value is -1.51. The van der Waals surface area contributed by atoms with Crippen molar-refractivity contribution in [3.63, 3.8) is 0 Å². The summed E-state index contributed by atoms with van der Waals surface area (Å²) in [5, 5.41) is 2.96. The van der Waals surface area contributed by atoms with Crippen LogP contribution in [0.5, 0.6) is 5.75 Å². The van der Waals surface area contributed by atoms with Crippen molar-refractivity contribution in [2.24, 2.45) is 0 Å². The molecule has 0 bridgehead atoms. The minimum absolute atomic E-state index is 0.0804. The predicted octanol–water partition coefficient (Wildman–Crippen LogP) is 5.86. The molecule has 0 heterocycles. The smallest absolute Gasteiger partial charge is 0.224 e. The van der Waals surface area contributed by atoms with Gasteiger partial charge in [0.05, 0.1) is 12.8 Å². The van der Waals surface area contributed by atoms with Gasteiger partial charge in [-0.1, -0.05) is 64.4 Å². The van der Waals surface area contributed by atoms with Gasteiger partial charge in [0.25, 0.3) is 0 Å². The number of nitrogens with one attached hydrogen (secondary N) is 1. The third kappa shape index (κ3) is 8.63. The van der Waals surface area contributed by atoms with Crippen molar-refractivity contribution >= 4 is 11.6 Å². The maximum Gasteiger partial charge on any atom is 0.224 e. The van der Waals surface area contributed by atoms with E-state index in [-0.39, 0.29) is 5.91 Å². The molecule has 130 valence electrons. The van der Waals surface area contributed by atoms with Crippen molar-refractivity contribution in [2.45, 2.75) is 78.1 Å². The third-order valence-electron chi connectivity index (χ3n) is 4.14. The summed E-state index contributed by atoms with van der Waals surface area (Å²) < 4.78 is 5.28. The molecule has 3 nitrogen and oxygen atoms in total. The number of methoxy groups -OCH3 is 1. The average molecular weight is 319 g/mol. The van der Waals surface area contributed by atoms with Crippen molar-refractivity contribution < 1.29 is 9.53 Å². The van der Waals surface area contributed by atoms with Crippen LogP contribution in [0.25, 0.3) is 0 Å². The van der Waals surface area contributed by atoms with Crippen LogP contribution in [0.4, 0.5) is 5.69 Å². The second-order valence-corrected chi connectivity index (χ2v) is 6.33. The van der Waals surface area contributed by atoms with Gasteiger partial charge >= 0.3 is 0 Å². The summed E-state index contributed by atoms with van der Waals surface area (Å²) in [5.41, 5.74) is 1.89. The number of carbonyl (C=O) groups excluding carboxylic acids is 1. The van der Waals surface area contributed by atoms with E-state index < -0.39 is 0 Å². The summed E-state index contributed by atoms with van der Waals surface area (Å²) in [6.07, 6.45) is 12.0. The summed E-state index contributed by atoms with van der Waals surface area (Å²) in [6, 6.07) is 5.82. The minimum atomic E-state index is 0.0804. The van der Waals surface area contributed by atoms with Crippen LogP contribution < -0.4 is 10.1 Å². The molecule has 1 amide bonds. The first-order valence-corrected chi connectivity index (χ1v) is 9.12. The van der Waals surface area contributed by atoms with Gasteiger partial charge in [0.2, 0.25) is 5.91 Å². The molecule has 0 spiro atoms. The lowest BCUT2D eigenvalue weighted by Gasteiger charge is -2.11. The molecule has 0 saturated carbocycles. The van der Waals surface area contributed by atoms with E-state index in [4.69, 9.17) is 4.74 Å². The van der Waals surface area contributed by atoms with Crippen LogP contribution in [0.3, 0.4) is 0 Å². The summed E-state index contributed by atoms with van der Waals surface area (Å²) >= 11 is 0. The summed E-state index contributed by atoms with van der Waals surface area (Å²) in [6.45, 7) is 4.26. The van der Waals surface area contributed by atoms with Crippen LogP contribution in [0.2, 0.25) is 0 Å². The third-order valence-corrected chi connectivity index (χ3v) is 4.14. The topological polar surface area (TPSA) is 38.3 Å². The molecule has 1 rings (SSSR count). The number of hydrogen-bond donors (Lipinski definition) is 1. The Morgan fingerprint density at radius 1 is 1.00 bits per heavy atom. The second kappa shape index (κ2) is 12.0. The largest absolute Gasteiger partial charge is 0.495 e. The minimum Gasteiger partial charge on any atom is -0.495 e. The van der Waals surface area contributed by atoms with Gasteiger partial charge in [-0.25, -0.2) is 0 Å². The quantitative estimate of drug-likeness (QED) is 0.490. The van der Waals surface area contributed by atoms with Crippen molar-refractivity contribution in [1.29, 1.82) is 0 Å². The molecule has 0 aliphatic carbocycles. The zero-order valence-electron chi connectivity index (χ0n) is 15.1. The van der Waals surface area contributed by atoms with E-state index >= 15 is 0 Å². The van der Waals surface area contributed by atoms with Crippen LogP contribution in [-0.4, -0.2) is 13.0 Å². The van der Waals surface area contributed by atoms with Crippen molar-refractivity contribution in [3.05, 3.63) is 23.8 Å². The van der Waals surface area contributed by atoms with Gasteiger partial charge in [-0.2, -0.15) is 0 Å². The maximum atomic E-state index is 12.0. The number of anilines is 1. The first-order chi connectivity index (χ1) is 11.2. The Morgan fingerprint density at radius 2 is 1.61 bits per heavy atom. The molecule has 1 N–H and O–H groups in total. The van der Waals surface area contributed by atoms with E-state index in [9.17, 15) is 4.79 Å². The Kier molecular flexibility index (Phi) is 10.2. The molecule has 0 radical (unpaired) electrons. The lowest BCUT2D eigenvalue weighted by Crippen LogP contribution is -2.12. The summed E-state index contributed by atoms with van der Waals surface area (Å²) in [7, 11) is 1.63.